The highest BCUT2D eigenvalue weighted by molar-refractivity contribution is 5.90. The second kappa shape index (κ2) is 5.65. The topological polar surface area (TPSA) is 55.1 Å². The number of aryl methyl sites for hydroxylation is 1. The van der Waals surface area contributed by atoms with Crippen molar-refractivity contribution in [2.24, 2.45) is 0 Å². The standard InChI is InChI=1S/C14H15FN2O2/c1-9(11-3-5-12(15)6-4-11)7-14(18)16-13-8-10(2)19-17-13/h3-6,8-9H,7H2,1-2H3,(H,16,17,18). The molecule has 1 aromatic heterocycles. The van der Waals surface area contributed by atoms with Crippen molar-refractivity contribution >= 4 is 11.7 Å². The van der Waals surface area contributed by atoms with Crippen LogP contribution in [-0.2, 0) is 4.79 Å². The molecule has 1 amide bonds. The second-order valence-electron chi connectivity index (χ2n) is 4.53. The Morgan fingerprint density at radius 3 is 2.68 bits per heavy atom. The number of anilines is 1. The molecule has 0 spiro atoms. The zero-order valence-electron chi connectivity index (χ0n) is 10.8. The summed E-state index contributed by atoms with van der Waals surface area (Å²) >= 11 is 0. The first-order chi connectivity index (χ1) is 9.04. The number of nitrogens with zero attached hydrogens (tertiary/aromatic N) is 1. The van der Waals surface area contributed by atoms with Crippen LogP contribution in [0.2, 0.25) is 0 Å². The van der Waals surface area contributed by atoms with E-state index in [1.54, 1.807) is 25.1 Å². The van der Waals surface area contributed by atoms with Crippen molar-refractivity contribution in [2.75, 3.05) is 5.32 Å². The first kappa shape index (κ1) is 13.3. The Morgan fingerprint density at radius 2 is 2.11 bits per heavy atom. The summed E-state index contributed by atoms with van der Waals surface area (Å²) in [6, 6.07) is 7.82. The number of rotatable bonds is 4. The maximum absolute atomic E-state index is 12.8. The largest absolute Gasteiger partial charge is 0.360 e. The van der Waals surface area contributed by atoms with E-state index >= 15 is 0 Å². The summed E-state index contributed by atoms with van der Waals surface area (Å²) in [6.45, 7) is 3.67. The second-order valence-corrected chi connectivity index (χ2v) is 4.53. The summed E-state index contributed by atoms with van der Waals surface area (Å²) in [7, 11) is 0. The molecule has 4 nitrogen and oxygen atoms in total. The normalized spacial score (nSPS) is 12.2. The Balaban J connectivity index is 1.93. The smallest absolute Gasteiger partial charge is 0.226 e. The molecular formula is C14H15FN2O2. The average molecular weight is 262 g/mol. The maximum atomic E-state index is 12.8. The molecule has 100 valence electrons. The third kappa shape index (κ3) is 3.64. The molecule has 0 radical (unpaired) electrons. The summed E-state index contributed by atoms with van der Waals surface area (Å²) in [5.74, 6) is 0.632. The summed E-state index contributed by atoms with van der Waals surface area (Å²) in [6.07, 6.45) is 0.303. The van der Waals surface area contributed by atoms with Crippen LogP contribution >= 0.6 is 0 Å². The van der Waals surface area contributed by atoms with Crippen molar-refractivity contribution < 1.29 is 13.7 Å². The van der Waals surface area contributed by atoms with Crippen LogP contribution in [0.15, 0.2) is 34.9 Å². The van der Waals surface area contributed by atoms with Gasteiger partial charge in [0.15, 0.2) is 5.82 Å². The lowest BCUT2D eigenvalue weighted by Gasteiger charge is -2.10. The molecule has 0 aliphatic heterocycles. The van der Waals surface area contributed by atoms with Crippen LogP contribution in [0.3, 0.4) is 0 Å². The fraction of sp³-hybridized carbons (Fsp3) is 0.286. The first-order valence-corrected chi connectivity index (χ1v) is 6.03. The minimum atomic E-state index is -0.279. The molecule has 1 heterocycles. The number of hydrogen-bond donors (Lipinski definition) is 1. The number of carbonyl (C=O) groups is 1. The fourth-order valence-corrected chi connectivity index (χ4v) is 1.81. The lowest BCUT2D eigenvalue weighted by Crippen LogP contribution is -2.14. The zero-order valence-corrected chi connectivity index (χ0v) is 10.8. The van der Waals surface area contributed by atoms with Gasteiger partial charge in [-0.15, -0.1) is 0 Å². The monoisotopic (exact) mass is 262 g/mol. The Bertz CT molecular complexity index is 563. The van der Waals surface area contributed by atoms with E-state index in [1.165, 1.54) is 12.1 Å². The van der Waals surface area contributed by atoms with Crippen molar-refractivity contribution in [3.8, 4) is 0 Å². The molecule has 1 unspecified atom stereocenters. The van der Waals surface area contributed by atoms with Crippen molar-refractivity contribution in [2.45, 2.75) is 26.2 Å². The molecular weight excluding hydrogens is 247 g/mol. The quantitative estimate of drug-likeness (QED) is 0.920. The molecule has 0 saturated carbocycles. The van der Waals surface area contributed by atoms with E-state index in [0.717, 1.165) is 5.56 Å². The number of halogens is 1. The molecule has 1 aromatic carbocycles. The van der Waals surface area contributed by atoms with Gasteiger partial charge < -0.3 is 9.84 Å². The van der Waals surface area contributed by atoms with E-state index < -0.39 is 0 Å². The SMILES string of the molecule is Cc1cc(NC(=O)CC(C)c2ccc(F)cc2)no1. The van der Waals surface area contributed by atoms with Crippen molar-refractivity contribution in [1.29, 1.82) is 0 Å². The average Bonchev–Trinajstić information content (AvgIpc) is 2.75. The first-order valence-electron chi connectivity index (χ1n) is 6.03. The van der Waals surface area contributed by atoms with Gasteiger partial charge in [-0.1, -0.05) is 24.2 Å². The van der Waals surface area contributed by atoms with E-state index in [0.29, 0.717) is 18.0 Å². The van der Waals surface area contributed by atoms with Gasteiger partial charge in [0.05, 0.1) is 0 Å². The molecule has 1 atom stereocenters. The zero-order chi connectivity index (χ0) is 13.8. The Morgan fingerprint density at radius 1 is 1.42 bits per heavy atom. The molecule has 5 heteroatoms. The third-order valence-electron chi connectivity index (χ3n) is 2.83. The van der Waals surface area contributed by atoms with Gasteiger partial charge in [0.1, 0.15) is 11.6 Å². The number of benzene rings is 1. The van der Waals surface area contributed by atoms with E-state index in [9.17, 15) is 9.18 Å². The van der Waals surface area contributed by atoms with Crippen LogP contribution in [0.1, 0.15) is 30.6 Å². The Labute approximate surface area is 110 Å². The molecule has 0 saturated heterocycles. The minimum absolute atomic E-state index is 0.00796. The predicted octanol–water partition coefficient (Wildman–Crippen LogP) is 3.25. The highest BCUT2D eigenvalue weighted by Gasteiger charge is 2.12. The molecule has 19 heavy (non-hydrogen) atoms. The Kier molecular flexibility index (Phi) is 3.94. The van der Waals surface area contributed by atoms with Gasteiger partial charge in [0, 0.05) is 12.5 Å². The highest BCUT2D eigenvalue weighted by atomic mass is 19.1. The van der Waals surface area contributed by atoms with E-state index in [-0.39, 0.29) is 17.6 Å². The van der Waals surface area contributed by atoms with Gasteiger partial charge in [0.2, 0.25) is 5.91 Å². The third-order valence-corrected chi connectivity index (χ3v) is 2.83. The van der Waals surface area contributed by atoms with Crippen LogP contribution in [0.5, 0.6) is 0 Å². The van der Waals surface area contributed by atoms with Gasteiger partial charge in [-0.25, -0.2) is 4.39 Å². The number of hydrogen-bond acceptors (Lipinski definition) is 3. The minimum Gasteiger partial charge on any atom is -0.360 e. The van der Waals surface area contributed by atoms with E-state index in [1.807, 2.05) is 6.92 Å². The number of amides is 1. The molecule has 2 aromatic rings. The Hall–Kier alpha value is -2.17. The summed E-state index contributed by atoms with van der Waals surface area (Å²) in [4.78, 5) is 11.8. The summed E-state index contributed by atoms with van der Waals surface area (Å²) in [5.41, 5.74) is 0.924. The van der Waals surface area contributed by atoms with Gasteiger partial charge in [-0.3, -0.25) is 4.79 Å². The van der Waals surface area contributed by atoms with Crippen molar-refractivity contribution in [1.82, 2.24) is 5.16 Å². The van der Waals surface area contributed by atoms with E-state index in [2.05, 4.69) is 10.5 Å². The molecule has 1 N–H and O–H groups in total. The van der Waals surface area contributed by atoms with Gasteiger partial charge in [-0.05, 0) is 30.5 Å². The van der Waals surface area contributed by atoms with Crippen LogP contribution < -0.4 is 5.32 Å². The molecule has 0 aliphatic rings. The van der Waals surface area contributed by atoms with Gasteiger partial charge >= 0.3 is 0 Å². The number of carbonyl (C=O) groups excluding carboxylic acids is 1. The molecule has 0 fully saturated rings. The summed E-state index contributed by atoms with van der Waals surface area (Å²) < 4.78 is 17.7. The predicted molar refractivity (Wildman–Crippen MR) is 69.3 cm³/mol. The highest BCUT2D eigenvalue weighted by Crippen LogP contribution is 2.20. The maximum Gasteiger partial charge on any atom is 0.226 e. The molecule has 2 rings (SSSR count). The van der Waals surface area contributed by atoms with Crippen LogP contribution in [-0.4, -0.2) is 11.1 Å². The van der Waals surface area contributed by atoms with E-state index in [4.69, 9.17) is 4.52 Å². The number of aromatic nitrogens is 1. The van der Waals surface area contributed by atoms with Gasteiger partial charge in [0.25, 0.3) is 0 Å². The fourth-order valence-electron chi connectivity index (χ4n) is 1.81. The summed E-state index contributed by atoms with van der Waals surface area (Å²) in [5, 5.41) is 6.35. The molecule has 0 bridgehead atoms. The lowest BCUT2D eigenvalue weighted by atomic mass is 9.97. The van der Waals surface area contributed by atoms with Gasteiger partial charge in [-0.2, -0.15) is 0 Å². The van der Waals surface area contributed by atoms with Crippen LogP contribution in [0, 0.1) is 12.7 Å². The van der Waals surface area contributed by atoms with Crippen LogP contribution in [0.4, 0.5) is 10.2 Å². The lowest BCUT2D eigenvalue weighted by molar-refractivity contribution is -0.116. The van der Waals surface area contributed by atoms with Crippen molar-refractivity contribution in [3.63, 3.8) is 0 Å². The van der Waals surface area contributed by atoms with Crippen LogP contribution in [0.25, 0.3) is 0 Å². The number of nitrogens with one attached hydrogen (secondary N) is 1. The van der Waals surface area contributed by atoms with Crippen molar-refractivity contribution in [3.05, 3.63) is 47.5 Å². The molecule has 0 aliphatic carbocycles.